The van der Waals surface area contributed by atoms with Crippen LogP contribution in [-0.4, -0.2) is 6.61 Å². The molecule has 0 heterocycles. The van der Waals surface area contributed by atoms with E-state index in [4.69, 9.17) is 10.5 Å². The highest BCUT2D eigenvalue weighted by Crippen LogP contribution is 2.44. The first kappa shape index (κ1) is 13.4. The highest BCUT2D eigenvalue weighted by Gasteiger charge is 2.38. The Morgan fingerprint density at radius 3 is 2.78 bits per heavy atom. The van der Waals surface area contributed by atoms with Crippen LogP contribution in [0.5, 0.6) is 5.75 Å². The van der Waals surface area contributed by atoms with Gasteiger partial charge in [-0.05, 0) is 37.7 Å². The van der Waals surface area contributed by atoms with Gasteiger partial charge in [-0.3, -0.25) is 0 Å². The molecule has 2 atom stereocenters. The van der Waals surface area contributed by atoms with E-state index in [2.05, 4.69) is 32.0 Å². The Morgan fingerprint density at radius 2 is 2.11 bits per heavy atom. The lowest BCUT2D eigenvalue weighted by Crippen LogP contribution is -2.34. The predicted molar refractivity (Wildman–Crippen MR) is 75.7 cm³/mol. The largest absolute Gasteiger partial charge is 0.493 e. The van der Waals surface area contributed by atoms with E-state index < -0.39 is 0 Å². The second-order valence-corrected chi connectivity index (χ2v) is 5.52. The van der Waals surface area contributed by atoms with E-state index in [-0.39, 0.29) is 5.54 Å². The lowest BCUT2D eigenvalue weighted by atomic mass is 9.87. The summed E-state index contributed by atoms with van der Waals surface area (Å²) < 4.78 is 5.85. The summed E-state index contributed by atoms with van der Waals surface area (Å²) >= 11 is 0. The Bertz CT molecular complexity index is 390. The molecule has 2 rings (SSSR count). The monoisotopic (exact) mass is 247 g/mol. The van der Waals surface area contributed by atoms with Crippen molar-refractivity contribution in [2.24, 2.45) is 11.7 Å². The van der Waals surface area contributed by atoms with E-state index in [1.54, 1.807) is 0 Å². The van der Waals surface area contributed by atoms with Gasteiger partial charge >= 0.3 is 0 Å². The van der Waals surface area contributed by atoms with Crippen LogP contribution in [-0.2, 0) is 5.54 Å². The van der Waals surface area contributed by atoms with Crippen LogP contribution < -0.4 is 10.5 Å². The summed E-state index contributed by atoms with van der Waals surface area (Å²) in [7, 11) is 0. The quantitative estimate of drug-likeness (QED) is 0.858. The molecule has 2 N–H and O–H groups in total. The fourth-order valence-corrected chi connectivity index (χ4v) is 2.99. The molecule has 1 aliphatic rings. The molecular formula is C16H25NO. The second-order valence-electron chi connectivity index (χ2n) is 5.52. The normalized spacial score (nSPS) is 27.4. The molecule has 1 saturated carbocycles. The molecule has 2 heteroatoms. The van der Waals surface area contributed by atoms with Crippen molar-refractivity contribution in [2.75, 3.05) is 6.61 Å². The van der Waals surface area contributed by atoms with Gasteiger partial charge in [0.2, 0.25) is 0 Å². The smallest absolute Gasteiger partial charge is 0.124 e. The third kappa shape index (κ3) is 2.69. The Balaban J connectivity index is 2.21. The molecule has 0 amide bonds. The zero-order valence-corrected chi connectivity index (χ0v) is 11.6. The number of ether oxygens (including phenoxy) is 1. The summed E-state index contributed by atoms with van der Waals surface area (Å²) in [6.07, 6.45) is 5.68. The minimum absolute atomic E-state index is 0.176. The van der Waals surface area contributed by atoms with Gasteiger partial charge in [0.15, 0.2) is 0 Å². The van der Waals surface area contributed by atoms with Gasteiger partial charge in [-0.15, -0.1) is 0 Å². The van der Waals surface area contributed by atoms with Crippen molar-refractivity contribution in [2.45, 2.75) is 51.5 Å². The first-order chi connectivity index (χ1) is 8.69. The van der Waals surface area contributed by atoms with Crippen LogP contribution in [0, 0.1) is 5.92 Å². The summed E-state index contributed by atoms with van der Waals surface area (Å²) in [5.74, 6) is 1.76. The third-order valence-electron chi connectivity index (χ3n) is 4.11. The number of rotatable bonds is 5. The highest BCUT2D eigenvalue weighted by atomic mass is 16.5. The van der Waals surface area contributed by atoms with Crippen molar-refractivity contribution < 1.29 is 4.74 Å². The van der Waals surface area contributed by atoms with Gasteiger partial charge in [0.05, 0.1) is 6.61 Å². The van der Waals surface area contributed by atoms with Crippen molar-refractivity contribution in [3.8, 4) is 5.75 Å². The molecule has 2 unspecified atom stereocenters. The molecule has 100 valence electrons. The summed E-state index contributed by atoms with van der Waals surface area (Å²) in [4.78, 5) is 0. The molecule has 0 aliphatic heterocycles. The third-order valence-corrected chi connectivity index (χ3v) is 4.11. The minimum Gasteiger partial charge on any atom is -0.493 e. The average Bonchev–Trinajstić information content (AvgIpc) is 2.80. The van der Waals surface area contributed by atoms with E-state index >= 15 is 0 Å². The lowest BCUT2D eigenvalue weighted by molar-refractivity contribution is 0.301. The van der Waals surface area contributed by atoms with Crippen molar-refractivity contribution >= 4 is 0 Å². The molecule has 0 saturated heterocycles. The van der Waals surface area contributed by atoms with E-state index in [9.17, 15) is 0 Å². The summed E-state index contributed by atoms with van der Waals surface area (Å²) in [6.45, 7) is 5.16. The standard InChI is InChI=1S/C16H25NO/c1-3-11-18-15-8-6-5-7-14(15)16(17)10-9-13(4-2)12-16/h5-8,13H,3-4,9-12,17H2,1-2H3. The topological polar surface area (TPSA) is 35.2 Å². The molecule has 0 aromatic heterocycles. The van der Waals surface area contributed by atoms with Gasteiger partial charge in [-0.25, -0.2) is 0 Å². The van der Waals surface area contributed by atoms with Gasteiger partial charge in [0.25, 0.3) is 0 Å². The number of para-hydroxylation sites is 1. The van der Waals surface area contributed by atoms with Gasteiger partial charge in [0, 0.05) is 11.1 Å². The Labute approximate surface area is 111 Å². The van der Waals surface area contributed by atoms with Gasteiger partial charge in [-0.2, -0.15) is 0 Å². The Hall–Kier alpha value is -1.02. The molecule has 1 fully saturated rings. The molecule has 2 nitrogen and oxygen atoms in total. The molecule has 0 radical (unpaired) electrons. The van der Waals surface area contributed by atoms with Crippen molar-refractivity contribution in [1.82, 2.24) is 0 Å². The predicted octanol–water partition coefficient (Wildman–Crippen LogP) is 3.84. The maximum Gasteiger partial charge on any atom is 0.124 e. The molecule has 1 aromatic rings. The molecule has 18 heavy (non-hydrogen) atoms. The van der Waals surface area contributed by atoms with Crippen molar-refractivity contribution in [3.05, 3.63) is 29.8 Å². The van der Waals surface area contributed by atoms with Crippen LogP contribution in [0.3, 0.4) is 0 Å². The van der Waals surface area contributed by atoms with Gasteiger partial charge < -0.3 is 10.5 Å². The zero-order chi connectivity index (χ0) is 13.0. The summed E-state index contributed by atoms with van der Waals surface area (Å²) in [5.41, 5.74) is 7.67. The fraction of sp³-hybridized carbons (Fsp3) is 0.625. The molecule has 0 spiro atoms. The average molecular weight is 247 g/mol. The van der Waals surface area contributed by atoms with Crippen LogP contribution in [0.25, 0.3) is 0 Å². The SMILES string of the molecule is CCCOc1ccccc1C1(N)CCC(CC)C1. The van der Waals surface area contributed by atoms with Gasteiger partial charge in [0.1, 0.15) is 5.75 Å². The Kier molecular flexibility index (Phi) is 4.28. The van der Waals surface area contributed by atoms with E-state index in [0.29, 0.717) is 0 Å². The zero-order valence-electron chi connectivity index (χ0n) is 11.6. The molecule has 1 aliphatic carbocycles. The lowest BCUT2D eigenvalue weighted by Gasteiger charge is -2.27. The summed E-state index contributed by atoms with van der Waals surface area (Å²) in [5, 5.41) is 0. The number of nitrogens with two attached hydrogens (primary N) is 1. The van der Waals surface area contributed by atoms with Gasteiger partial charge in [-0.1, -0.05) is 38.5 Å². The maximum absolute atomic E-state index is 6.64. The summed E-state index contributed by atoms with van der Waals surface area (Å²) in [6, 6.07) is 8.30. The van der Waals surface area contributed by atoms with E-state index in [1.807, 2.05) is 6.07 Å². The van der Waals surface area contributed by atoms with E-state index in [0.717, 1.165) is 37.5 Å². The molecular weight excluding hydrogens is 222 g/mol. The Morgan fingerprint density at radius 1 is 1.33 bits per heavy atom. The first-order valence-electron chi connectivity index (χ1n) is 7.20. The highest BCUT2D eigenvalue weighted by molar-refractivity contribution is 5.39. The molecule has 0 bridgehead atoms. The molecule has 1 aromatic carbocycles. The van der Waals surface area contributed by atoms with Crippen molar-refractivity contribution in [1.29, 1.82) is 0 Å². The minimum atomic E-state index is -0.176. The second kappa shape index (κ2) is 5.75. The number of benzene rings is 1. The fourth-order valence-electron chi connectivity index (χ4n) is 2.99. The van der Waals surface area contributed by atoms with Crippen molar-refractivity contribution in [3.63, 3.8) is 0 Å². The maximum atomic E-state index is 6.64. The number of hydrogen-bond donors (Lipinski definition) is 1. The van der Waals surface area contributed by atoms with Crippen LogP contribution in [0.4, 0.5) is 0 Å². The first-order valence-corrected chi connectivity index (χ1v) is 7.20. The van der Waals surface area contributed by atoms with Crippen LogP contribution in [0.1, 0.15) is 51.5 Å². The van der Waals surface area contributed by atoms with Crippen LogP contribution in [0.15, 0.2) is 24.3 Å². The number of hydrogen-bond acceptors (Lipinski definition) is 2. The van der Waals surface area contributed by atoms with E-state index in [1.165, 1.54) is 18.4 Å². The van der Waals surface area contributed by atoms with Crippen LogP contribution >= 0.6 is 0 Å². The van der Waals surface area contributed by atoms with Crippen LogP contribution in [0.2, 0.25) is 0 Å².